The second-order valence-corrected chi connectivity index (χ2v) is 8.79. The number of carbonyl (C=O) groups excluding carboxylic acids is 1. The lowest BCUT2D eigenvalue weighted by Gasteiger charge is -2.54. The van der Waals surface area contributed by atoms with Crippen LogP contribution in [-0.2, 0) is 4.79 Å². The third-order valence-corrected chi connectivity index (χ3v) is 6.70. The van der Waals surface area contributed by atoms with E-state index in [9.17, 15) is 18.0 Å². The van der Waals surface area contributed by atoms with Crippen molar-refractivity contribution in [3.8, 4) is 17.3 Å². The van der Waals surface area contributed by atoms with Crippen LogP contribution in [0.15, 0.2) is 42.9 Å². The molecule has 5 rings (SSSR count). The van der Waals surface area contributed by atoms with Crippen LogP contribution < -0.4 is 9.80 Å². The monoisotopic (exact) mass is 456 g/mol. The predicted molar refractivity (Wildman–Crippen MR) is 117 cm³/mol. The van der Waals surface area contributed by atoms with E-state index in [4.69, 9.17) is 4.98 Å². The van der Waals surface area contributed by atoms with Crippen molar-refractivity contribution in [2.45, 2.75) is 50.6 Å². The normalized spacial score (nSPS) is 22.3. The van der Waals surface area contributed by atoms with Crippen molar-refractivity contribution in [3.63, 3.8) is 0 Å². The standard InChI is InChI=1S/C23H23F3N6O/c1-4-22(2)20(33)30(3)17-13-28-21(29-19(17)32(22)16-11-23(25,26)12-16)31-10-9-27-18(31)14-5-7-15(24)8-6-14/h5-10,13,16H,4,11-12H2,1-3H3/t22-/m1/s1. The molecule has 1 aromatic carbocycles. The lowest BCUT2D eigenvalue weighted by atomic mass is 9.81. The molecule has 2 aliphatic rings. The maximum absolute atomic E-state index is 13.8. The van der Waals surface area contributed by atoms with E-state index in [2.05, 4.69) is 9.97 Å². The molecule has 1 atom stereocenters. The molecule has 1 amide bonds. The van der Waals surface area contributed by atoms with Crippen LogP contribution in [0.4, 0.5) is 24.7 Å². The fourth-order valence-corrected chi connectivity index (χ4v) is 4.68. The topological polar surface area (TPSA) is 67.2 Å². The highest BCUT2D eigenvalue weighted by atomic mass is 19.3. The first-order valence-electron chi connectivity index (χ1n) is 10.8. The van der Waals surface area contributed by atoms with Gasteiger partial charge in [-0.15, -0.1) is 0 Å². The zero-order valence-electron chi connectivity index (χ0n) is 18.5. The number of fused-ring (bicyclic) bond motifs is 1. The minimum atomic E-state index is -2.75. The summed E-state index contributed by atoms with van der Waals surface area (Å²) in [6, 6.07) is 5.39. The number of rotatable bonds is 4. The summed E-state index contributed by atoms with van der Waals surface area (Å²) in [6.07, 6.45) is 4.57. The highest BCUT2D eigenvalue weighted by Crippen LogP contribution is 2.49. The lowest BCUT2D eigenvalue weighted by molar-refractivity contribution is -0.126. The van der Waals surface area contributed by atoms with Crippen molar-refractivity contribution in [1.29, 1.82) is 0 Å². The summed E-state index contributed by atoms with van der Waals surface area (Å²) in [5.74, 6) is -2.06. The molecule has 3 aromatic rings. The number of imidazole rings is 1. The molecule has 0 N–H and O–H groups in total. The second kappa shape index (κ2) is 7.29. The van der Waals surface area contributed by atoms with E-state index < -0.39 is 17.5 Å². The molecule has 1 fully saturated rings. The Labute approximate surface area is 188 Å². The summed E-state index contributed by atoms with van der Waals surface area (Å²) in [4.78, 5) is 30.0. The van der Waals surface area contributed by atoms with Gasteiger partial charge in [0.15, 0.2) is 5.82 Å². The average Bonchev–Trinajstić information content (AvgIpc) is 3.26. The van der Waals surface area contributed by atoms with Crippen LogP contribution >= 0.6 is 0 Å². The Bertz CT molecular complexity index is 1220. The van der Waals surface area contributed by atoms with E-state index in [1.807, 2.05) is 6.92 Å². The van der Waals surface area contributed by atoms with Gasteiger partial charge in [-0.1, -0.05) is 6.92 Å². The van der Waals surface area contributed by atoms with E-state index in [0.29, 0.717) is 29.3 Å². The number of amides is 1. The quantitative estimate of drug-likeness (QED) is 0.588. The molecule has 3 heterocycles. The van der Waals surface area contributed by atoms with E-state index in [0.717, 1.165) is 0 Å². The van der Waals surface area contributed by atoms with Crippen molar-refractivity contribution < 1.29 is 18.0 Å². The Kier molecular flexibility index (Phi) is 4.73. The third-order valence-electron chi connectivity index (χ3n) is 6.70. The molecule has 0 saturated heterocycles. The zero-order valence-corrected chi connectivity index (χ0v) is 18.5. The molecular formula is C23H23F3N6O. The van der Waals surface area contributed by atoms with Gasteiger partial charge in [-0.3, -0.25) is 9.36 Å². The van der Waals surface area contributed by atoms with E-state index >= 15 is 0 Å². The molecule has 1 aliphatic carbocycles. The number of nitrogens with zero attached hydrogens (tertiary/aromatic N) is 6. The Morgan fingerprint density at radius 3 is 2.48 bits per heavy atom. The van der Waals surface area contributed by atoms with Crippen LogP contribution in [0.2, 0.25) is 0 Å². The van der Waals surface area contributed by atoms with Gasteiger partial charge in [0.1, 0.15) is 22.9 Å². The van der Waals surface area contributed by atoms with Crippen LogP contribution in [0.5, 0.6) is 0 Å². The number of hydrogen-bond acceptors (Lipinski definition) is 5. The number of alkyl halides is 2. The number of carbonyl (C=O) groups is 1. The van der Waals surface area contributed by atoms with Gasteiger partial charge in [0.05, 0.1) is 6.20 Å². The summed E-state index contributed by atoms with van der Waals surface area (Å²) in [7, 11) is 1.64. The van der Waals surface area contributed by atoms with Crippen LogP contribution in [0.25, 0.3) is 17.3 Å². The Hall–Kier alpha value is -3.43. The first kappa shape index (κ1) is 21.4. The van der Waals surface area contributed by atoms with Gasteiger partial charge in [0.2, 0.25) is 5.95 Å². The molecule has 7 nitrogen and oxygen atoms in total. The number of hydrogen-bond donors (Lipinski definition) is 0. The van der Waals surface area contributed by atoms with E-state index in [1.54, 1.807) is 48.0 Å². The third kappa shape index (κ3) is 3.27. The van der Waals surface area contributed by atoms with Crippen molar-refractivity contribution in [2.75, 3.05) is 16.8 Å². The molecule has 1 saturated carbocycles. The molecule has 2 aromatic heterocycles. The highest BCUT2D eigenvalue weighted by molar-refractivity contribution is 6.07. The molecule has 10 heteroatoms. The van der Waals surface area contributed by atoms with Gasteiger partial charge in [-0.25, -0.2) is 23.1 Å². The van der Waals surface area contributed by atoms with Crippen LogP contribution in [0, 0.1) is 5.82 Å². The van der Waals surface area contributed by atoms with Crippen molar-refractivity contribution >= 4 is 17.4 Å². The largest absolute Gasteiger partial charge is 0.337 e. The van der Waals surface area contributed by atoms with Gasteiger partial charge in [-0.05, 0) is 37.6 Å². The molecule has 0 radical (unpaired) electrons. The molecule has 33 heavy (non-hydrogen) atoms. The molecule has 172 valence electrons. The number of aromatic nitrogens is 4. The molecule has 0 unspecified atom stereocenters. The Morgan fingerprint density at radius 1 is 1.15 bits per heavy atom. The summed E-state index contributed by atoms with van der Waals surface area (Å²) in [5.41, 5.74) is 0.126. The maximum Gasteiger partial charge on any atom is 0.252 e. The lowest BCUT2D eigenvalue weighted by Crippen LogP contribution is -2.67. The van der Waals surface area contributed by atoms with E-state index in [1.165, 1.54) is 23.2 Å². The first-order valence-corrected chi connectivity index (χ1v) is 10.8. The Morgan fingerprint density at radius 2 is 1.85 bits per heavy atom. The molecular weight excluding hydrogens is 433 g/mol. The van der Waals surface area contributed by atoms with Crippen LogP contribution in [0.3, 0.4) is 0 Å². The van der Waals surface area contributed by atoms with Gasteiger partial charge in [0.25, 0.3) is 11.8 Å². The first-order chi connectivity index (χ1) is 15.6. The van der Waals surface area contributed by atoms with Crippen molar-refractivity contribution in [1.82, 2.24) is 19.5 Å². The van der Waals surface area contributed by atoms with Crippen LogP contribution in [-0.4, -0.2) is 50.0 Å². The van der Waals surface area contributed by atoms with Gasteiger partial charge in [0, 0.05) is 43.9 Å². The Balaban J connectivity index is 1.63. The summed E-state index contributed by atoms with van der Waals surface area (Å²) >= 11 is 0. The number of likely N-dealkylation sites (N-methyl/N-ethyl adjacent to an activating group) is 1. The van der Waals surface area contributed by atoms with Crippen molar-refractivity contribution in [3.05, 3.63) is 48.7 Å². The average molecular weight is 456 g/mol. The SMILES string of the molecule is CC[C@]1(C)C(=O)N(C)c2cnc(-n3ccnc3-c3ccc(F)cc3)nc2N1C1CC(F)(F)C1. The second-order valence-electron chi connectivity index (χ2n) is 8.79. The summed E-state index contributed by atoms with van der Waals surface area (Å²) < 4.78 is 42.7. The minimum absolute atomic E-state index is 0.182. The molecule has 0 bridgehead atoms. The van der Waals surface area contributed by atoms with Gasteiger partial charge < -0.3 is 9.80 Å². The fourth-order valence-electron chi connectivity index (χ4n) is 4.68. The fraction of sp³-hybridized carbons (Fsp3) is 0.391. The predicted octanol–water partition coefficient (Wildman–Crippen LogP) is 4.22. The van der Waals surface area contributed by atoms with E-state index in [-0.39, 0.29) is 30.5 Å². The van der Waals surface area contributed by atoms with Crippen molar-refractivity contribution in [2.24, 2.45) is 0 Å². The number of anilines is 2. The minimum Gasteiger partial charge on any atom is -0.337 e. The molecule has 1 aliphatic heterocycles. The van der Waals surface area contributed by atoms with Crippen LogP contribution in [0.1, 0.15) is 33.1 Å². The number of halogens is 3. The maximum atomic E-state index is 13.8. The zero-order chi connectivity index (χ0) is 23.5. The summed E-state index contributed by atoms with van der Waals surface area (Å²) in [6.45, 7) is 3.64. The highest BCUT2D eigenvalue weighted by Gasteiger charge is 2.56. The number of benzene rings is 1. The van der Waals surface area contributed by atoms with Gasteiger partial charge >= 0.3 is 0 Å². The smallest absolute Gasteiger partial charge is 0.252 e. The molecule has 0 spiro atoms. The summed E-state index contributed by atoms with van der Waals surface area (Å²) in [5, 5.41) is 0. The van der Waals surface area contributed by atoms with Gasteiger partial charge in [-0.2, -0.15) is 4.98 Å².